The van der Waals surface area contributed by atoms with Crippen molar-refractivity contribution in [1.29, 1.82) is 0 Å². The Bertz CT molecular complexity index is 384. The van der Waals surface area contributed by atoms with E-state index in [0.717, 1.165) is 25.7 Å². The van der Waals surface area contributed by atoms with Gasteiger partial charge in [0.05, 0.1) is 0 Å². The highest BCUT2D eigenvalue weighted by atomic mass is 35.5. The number of amides is 2. The van der Waals surface area contributed by atoms with Gasteiger partial charge in [-0.3, -0.25) is 0 Å². The average molecular weight is 433 g/mol. The van der Waals surface area contributed by atoms with Gasteiger partial charge < -0.3 is 31.6 Å². The molecule has 0 heterocycles. The fraction of sp³-hybridized carbons (Fsp3) is 0.882. The zero-order chi connectivity index (χ0) is 19.5. The molecule has 10 heteroatoms. The Labute approximate surface area is 175 Å². The summed E-state index contributed by atoms with van der Waals surface area (Å²) in [6.45, 7) is 10.1. The van der Waals surface area contributed by atoms with Crippen LogP contribution in [-0.2, 0) is 9.47 Å². The van der Waals surface area contributed by atoms with Crippen molar-refractivity contribution in [3.63, 3.8) is 0 Å². The SMILES string of the molecule is CCCCNC(=O)OC(C)C(N)(C(C)N)C(C)OC(=O)NCCCC.Cl.Cl. The summed E-state index contributed by atoms with van der Waals surface area (Å²) in [5.41, 5.74) is 11.2. The zero-order valence-corrected chi connectivity index (χ0v) is 18.7. The van der Waals surface area contributed by atoms with Crippen LogP contribution in [0.5, 0.6) is 0 Å². The summed E-state index contributed by atoms with van der Waals surface area (Å²) in [6, 6.07) is -0.565. The van der Waals surface area contributed by atoms with E-state index in [2.05, 4.69) is 10.6 Å². The molecule has 164 valence electrons. The van der Waals surface area contributed by atoms with Crippen LogP contribution in [0.2, 0.25) is 0 Å². The van der Waals surface area contributed by atoms with Gasteiger partial charge in [0, 0.05) is 19.1 Å². The first-order valence-electron chi connectivity index (χ1n) is 9.13. The van der Waals surface area contributed by atoms with Gasteiger partial charge in [0.1, 0.15) is 17.7 Å². The van der Waals surface area contributed by atoms with Crippen molar-refractivity contribution in [2.24, 2.45) is 11.5 Å². The van der Waals surface area contributed by atoms with E-state index >= 15 is 0 Å². The quantitative estimate of drug-likeness (QED) is 0.371. The van der Waals surface area contributed by atoms with Gasteiger partial charge in [-0.05, 0) is 33.6 Å². The Kier molecular flexibility index (Phi) is 18.3. The lowest BCUT2D eigenvalue weighted by atomic mass is 9.82. The Hall–Kier alpha value is -0.960. The molecule has 3 unspecified atom stereocenters. The number of alkyl carbamates (subject to hydrolysis) is 2. The molecule has 0 aromatic carbocycles. The number of ether oxygens (including phenoxy) is 2. The number of nitrogens with one attached hydrogen (secondary N) is 2. The van der Waals surface area contributed by atoms with E-state index in [1.165, 1.54) is 0 Å². The van der Waals surface area contributed by atoms with Crippen LogP contribution < -0.4 is 22.1 Å². The van der Waals surface area contributed by atoms with Crippen molar-refractivity contribution in [2.75, 3.05) is 13.1 Å². The van der Waals surface area contributed by atoms with Crippen LogP contribution in [0.25, 0.3) is 0 Å². The smallest absolute Gasteiger partial charge is 0.407 e. The number of nitrogens with two attached hydrogens (primary N) is 2. The van der Waals surface area contributed by atoms with Gasteiger partial charge in [-0.25, -0.2) is 9.59 Å². The molecule has 0 aliphatic carbocycles. The van der Waals surface area contributed by atoms with Crippen LogP contribution in [-0.4, -0.2) is 49.1 Å². The lowest BCUT2D eigenvalue weighted by Gasteiger charge is -2.41. The number of carbonyl (C=O) groups excluding carboxylic acids is 2. The maximum Gasteiger partial charge on any atom is 0.407 e. The number of unbranched alkanes of at least 4 members (excludes halogenated alkanes) is 2. The summed E-state index contributed by atoms with van der Waals surface area (Å²) in [6.07, 6.45) is 1.06. The molecular formula is C17H38Cl2N4O4. The molecule has 0 aromatic heterocycles. The van der Waals surface area contributed by atoms with E-state index in [9.17, 15) is 9.59 Å². The van der Waals surface area contributed by atoms with Gasteiger partial charge in [0.25, 0.3) is 0 Å². The van der Waals surface area contributed by atoms with E-state index in [0.29, 0.717) is 13.1 Å². The molecule has 6 N–H and O–H groups in total. The van der Waals surface area contributed by atoms with Crippen molar-refractivity contribution < 1.29 is 19.1 Å². The minimum atomic E-state index is -1.22. The molecule has 0 aliphatic rings. The van der Waals surface area contributed by atoms with Crippen LogP contribution >= 0.6 is 24.8 Å². The first-order chi connectivity index (χ1) is 11.7. The number of rotatable bonds is 11. The average Bonchev–Trinajstić information content (AvgIpc) is 2.53. The molecule has 0 rings (SSSR count). The van der Waals surface area contributed by atoms with Gasteiger partial charge in [-0.15, -0.1) is 24.8 Å². The molecule has 0 aliphatic heterocycles. The van der Waals surface area contributed by atoms with Crippen molar-refractivity contribution in [1.82, 2.24) is 10.6 Å². The molecule has 0 saturated carbocycles. The topological polar surface area (TPSA) is 129 Å². The summed E-state index contributed by atoms with van der Waals surface area (Å²) in [4.78, 5) is 23.7. The largest absolute Gasteiger partial charge is 0.444 e. The highest BCUT2D eigenvalue weighted by molar-refractivity contribution is 5.85. The van der Waals surface area contributed by atoms with Crippen LogP contribution in [0.4, 0.5) is 9.59 Å². The molecule has 0 radical (unpaired) electrons. The highest BCUT2D eigenvalue weighted by Crippen LogP contribution is 2.22. The van der Waals surface area contributed by atoms with Gasteiger partial charge in [-0.1, -0.05) is 26.7 Å². The third kappa shape index (κ3) is 10.8. The van der Waals surface area contributed by atoms with Gasteiger partial charge >= 0.3 is 12.2 Å². The summed E-state index contributed by atoms with van der Waals surface area (Å²) in [5, 5.41) is 5.32. The molecular weight excluding hydrogens is 395 g/mol. The Morgan fingerprint density at radius 1 is 0.889 bits per heavy atom. The van der Waals surface area contributed by atoms with Gasteiger partial charge in [0.15, 0.2) is 0 Å². The predicted molar refractivity (Wildman–Crippen MR) is 113 cm³/mol. The maximum atomic E-state index is 11.9. The van der Waals surface area contributed by atoms with Crippen LogP contribution in [0.1, 0.15) is 60.3 Å². The van der Waals surface area contributed by atoms with E-state index in [1.54, 1.807) is 20.8 Å². The lowest BCUT2D eigenvalue weighted by Crippen LogP contribution is -2.69. The molecule has 0 saturated heterocycles. The summed E-state index contributed by atoms with van der Waals surface area (Å²) in [5.74, 6) is 0. The summed E-state index contributed by atoms with van der Waals surface area (Å²) < 4.78 is 10.7. The predicted octanol–water partition coefficient (Wildman–Crippen LogP) is 2.70. The molecule has 0 spiro atoms. The van der Waals surface area contributed by atoms with E-state index < -0.39 is 36.0 Å². The number of carbonyl (C=O) groups is 2. The minimum Gasteiger partial charge on any atom is -0.444 e. The summed E-state index contributed by atoms with van der Waals surface area (Å²) >= 11 is 0. The maximum absolute atomic E-state index is 11.9. The third-order valence-electron chi connectivity index (χ3n) is 4.36. The van der Waals surface area contributed by atoms with Gasteiger partial charge in [-0.2, -0.15) is 0 Å². The number of hydrogen-bond acceptors (Lipinski definition) is 6. The van der Waals surface area contributed by atoms with Crippen LogP contribution in [0.3, 0.4) is 0 Å². The standard InChI is InChI=1S/C17H36N4O4.2ClH/c1-6-8-10-20-15(22)24-13(4)17(19,12(3)18)14(5)25-16(23)21-11-9-7-2;;/h12-14H,6-11,18-19H2,1-5H3,(H,20,22)(H,21,23);2*1H. The fourth-order valence-corrected chi connectivity index (χ4v) is 2.41. The molecule has 3 atom stereocenters. The lowest BCUT2D eigenvalue weighted by molar-refractivity contribution is -0.0224. The first-order valence-corrected chi connectivity index (χ1v) is 9.13. The van der Waals surface area contributed by atoms with Crippen LogP contribution in [0, 0.1) is 0 Å². The number of hydrogen-bond donors (Lipinski definition) is 4. The molecule has 27 heavy (non-hydrogen) atoms. The van der Waals surface area contributed by atoms with Crippen molar-refractivity contribution in [3.05, 3.63) is 0 Å². The molecule has 8 nitrogen and oxygen atoms in total. The molecule has 0 bridgehead atoms. The van der Waals surface area contributed by atoms with Crippen molar-refractivity contribution in [3.8, 4) is 0 Å². The Morgan fingerprint density at radius 2 is 1.22 bits per heavy atom. The molecule has 2 amide bonds. The second kappa shape index (κ2) is 16.0. The third-order valence-corrected chi connectivity index (χ3v) is 4.36. The normalized spacial score (nSPS) is 15.7. The fourth-order valence-electron chi connectivity index (χ4n) is 2.41. The Balaban J connectivity index is -0.00000288. The van der Waals surface area contributed by atoms with E-state index in [1.807, 2.05) is 13.8 Å². The second-order valence-corrected chi connectivity index (χ2v) is 6.44. The number of halogens is 2. The van der Waals surface area contributed by atoms with Crippen LogP contribution in [0.15, 0.2) is 0 Å². The Morgan fingerprint density at radius 3 is 1.48 bits per heavy atom. The molecule has 0 aromatic rings. The second-order valence-electron chi connectivity index (χ2n) is 6.44. The van der Waals surface area contributed by atoms with Crippen molar-refractivity contribution in [2.45, 2.75) is 84.1 Å². The zero-order valence-electron chi connectivity index (χ0n) is 17.1. The summed E-state index contributed by atoms with van der Waals surface area (Å²) in [7, 11) is 0. The molecule has 0 fully saturated rings. The highest BCUT2D eigenvalue weighted by Gasteiger charge is 2.45. The monoisotopic (exact) mass is 432 g/mol. The van der Waals surface area contributed by atoms with E-state index in [-0.39, 0.29) is 24.8 Å². The van der Waals surface area contributed by atoms with Crippen molar-refractivity contribution >= 4 is 37.0 Å². The van der Waals surface area contributed by atoms with Gasteiger partial charge in [0.2, 0.25) is 0 Å². The van der Waals surface area contributed by atoms with E-state index in [4.69, 9.17) is 20.9 Å². The minimum absolute atomic E-state index is 0. The first kappa shape index (κ1) is 30.8.